The van der Waals surface area contributed by atoms with E-state index in [-0.39, 0.29) is 0 Å². The van der Waals surface area contributed by atoms with Gasteiger partial charge in [0.25, 0.3) is 0 Å². The van der Waals surface area contributed by atoms with Gasteiger partial charge in [-0.3, -0.25) is 0 Å². The molecule has 0 saturated heterocycles. The first-order valence-electron chi connectivity index (χ1n) is 3.86. The van der Waals surface area contributed by atoms with E-state index >= 15 is 0 Å². The van der Waals surface area contributed by atoms with Gasteiger partial charge in [-0.1, -0.05) is 13.3 Å². The lowest BCUT2D eigenvalue weighted by Gasteiger charge is -2.02. The molecule has 0 aliphatic rings. The van der Waals surface area contributed by atoms with Gasteiger partial charge in [0, 0.05) is 24.0 Å². The van der Waals surface area contributed by atoms with Crippen molar-refractivity contribution in [3.8, 4) is 0 Å². The third-order valence-electron chi connectivity index (χ3n) is 1.59. The summed E-state index contributed by atoms with van der Waals surface area (Å²) in [7, 11) is 0. The molecule has 1 rings (SSSR count). The fourth-order valence-electron chi connectivity index (χ4n) is 1.02. The Morgan fingerprint density at radius 2 is 2.36 bits per heavy atom. The summed E-state index contributed by atoms with van der Waals surface area (Å²) >= 11 is 0. The molecule has 0 unspecified atom stereocenters. The van der Waals surface area contributed by atoms with Crippen LogP contribution in [0.1, 0.15) is 24.6 Å². The zero-order chi connectivity index (χ0) is 8.10. The van der Waals surface area contributed by atoms with Gasteiger partial charge < -0.3 is 5.73 Å². The molecule has 60 valence electrons. The molecule has 0 spiro atoms. The summed E-state index contributed by atoms with van der Waals surface area (Å²) in [6.45, 7) is 2.67. The normalized spacial score (nSPS) is 10.0. The van der Waals surface area contributed by atoms with Crippen molar-refractivity contribution in [1.82, 2.24) is 9.97 Å². The summed E-state index contributed by atoms with van der Waals surface area (Å²) in [6.07, 6.45) is 5.46. The highest BCUT2D eigenvalue weighted by molar-refractivity contribution is 5.15. The van der Waals surface area contributed by atoms with Crippen LogP contribution in [0.4, 0.5) is 0 Å². The van der Waals surface area contributed by atoms with Crippen molar-refractivity contribution in [2.24, 2.45) is 5.73 Å². The average Bonchev–Trinajstić information content (AvgIpc) is 2.06. The molecule has 1 heterocycles. The molecule has 0 bridgehead atoms. The summed E-state index contributed by atoms with van der Waals surface area (Å²) in [6, 6.07) is 0. The van der Waals surface area contributed by atoms with E-state index in [0.717, 1.165) is 24.1 Å². The number of aromatic nitrogens is 2. The van der Waals surface area contributed by atoms with E-state index in [9.17, 15) is 0 Å². The minimum atomic E-state index is 0.538. The molecule has 11 heavy (non-hydrogen) atoms. The van der Waals surface area contributed by atoms with Crippen molar-refractivity contribution in [2.45, 2.75) is 26.3 Å². The second-order valence-corrected chi connectivity index (χ2v) is 2.45. The highest BCUT2D eigenvalue weighted by atomic mass is 14.8. The van der Waals surface area contributed by atoms with E-state index in [1.54, 1.807) is 12.5 Å². The largest absolute Gasteiger partial charge is 0.326 e. The van der Waals surface area contributed by atoms with Gasteiger partial charge >= 0.3 is 0 Å². The van der Waals surface area contributed by atoms with Crippen LogP contribution >= 0.6 is 0 Å². The first kappa shape index (κ1) is 8.14. The van der Waals surface area contributed by atoms with E-state index in [1.807, 2.05) is 0 Å². The van der Waals surface area contributed by atoms with E-state index in [1.165, 1.54) is 0 Å². The van der Waals surface area contributed by atoms with Gasteiger partial charge in [-0.05, 0) is 6.42 Å². The van der Waals surface area contributed by atoms with Gasteiger partial charge in [-0.15, -0.1) is 0 Å². The van der Waals surface area contributed by atoms with Crippen LogP contribution in [-0.4, -0.2) is 9.97 Å². The standard InChI is InChI=1S/C8H13N3/c1-2-3-8-7(4-9)5-10-6-11-8/h5-6H,2-4,9H2,1H3. The maximum atomic E-state index is 5.50. The maximum absolute atomic E-state index is 5.50. The van der Waals surface area contributed by atoms with Gasteiger partial charge in [0.05, 0.1) is 0 Å². The Kier molecular flexibility index (Phi) is 2.98. The fourth-order valence-corrected chi connectivity index (χ4v) is 1.02. The smallest absolute Gasteiger partial charge is 0.115 e. The lowest BCUT2D eigenvalue weighted by molar-refractivity contribution is 0.837. The minimum absolute atomic E-state index is 0.538. The Hall–Kier alpha value is -0.960. The fraction of sp³-hybridized carbons (Fsp3) is 0.500. The van der Waals surface area contributed by atoms with E-state index in [2.05, 4.69) is 16.9 Å². The van der Waals surface area contributed by atoms with Crippen LogP contribution in [0.2, 0.25) is 0 Å². The Balaban J connectivity index is 2.83. The number of nitrogens with zero attached hydrogens (tertiary/aromatic N) is 2. The van der Waals surface area contributed by atoms with Crippen molar-refractivity contribution in [3.63, 3.8) is 0 Å². The van der Waals surface area contributed by atoms with Crippen LogP contribution in [0, 0.1) is 0 Å². The van der Waals surface area contributed by atoms with Crippen molar-refractivity contribution < 1.29 is 0 Å². The quantitative estimate of drug-likeness (QED) is 0.698. The van der Waals surface area contributed by atoms with Crippen molar-refractivity contribution in [1.29, 1.82) is 0 Å². The molecule has 0 aliphatic heterocycles. The summed E-state index contributed by atoms with van der Waals surface area (Å²) < 4.78 is 0. The summed E-state index contributed by atoms with van der Waals surface area (Å²) in [5.41, 5.74) is 7.65. The highest BCUT2D eigenvalue weighted by Gasteiger charge is 1.99. The van der Waals surface area contributed by atoms with Crippen LogP contribution in [0.3, 0.4) is 0 Å². The van der Waals surface area contributed by atoms with Crippen molar-refractivity contribution in [2.75, 3.05) is 0 Å². The van der Waals surface area contributed by atoms with Gasteiger partial charge in [0.2, 0.25) is 0 Å². The summed E-state index contributed by atoms with van der Waals surface area (Å²) in [5.74, 6) is 0. The predicted octanol–water partition coefficient (Wildman–Crippen LogP) is 0.888. The summed E-state index contributed by atoms with van der Waals surface area (Å²) in [4.78, 5) is 8.06. The number of hydrogen-bond acceptors (Lipinski definition) is 3. The Labute approximate surface area is 66.7 Å². The van der Waals surface area contributed by atoms with Gasteiger partial charge in [-0.25, -0.2) is 9.97 Å². The average molecular weight is 151 g/mol. The molecule has 1 aromatic rings. The first-order chi connectivity index (χ1) is 5.38. The van der Waals surface area contributed by atoms with E-state index in [4.69, 9.17) is 5.73 Å². The maximum Gasteiger partial charge on any atom is 0.115 e. The van der Waals surface area contributed by atoms with Crippen LogP contribution < -0.4 is 5.73 Å². The lowest BCUT2D eigenvalue weighted by atomic mass is 10.1. The molecular formula is C8H13N3. The first-order valence-corrected chi connectivity index (χ1v) is 3.86. The lowest BCUT2D eigenvalue weighted by Crippen LogP contribution is -2.04. The van der Waals surface area contributed by atoms with Crippen LogP contribution in [0.5, 0.6) is 0 Å². The van der Waals surface area contributed by atoms with Crippen LogP contribution in [-0.2, 0) is 13.0 Å². The number of rotatable bonds is 3. The molecule has 0 atom stereocenters. The Bertz CT molecular complexity index is 222. The number of nitrogens with two attached hydrogens (primary N) is 1. The monoisotopic (exact) mass is 151 g/mol. The molecule has 0 aromatic carbocycles. The highest BCUT2D eigenvalue weighted by Crippen LogP contribution is 2.04. The zero-order valence-corrected chi connectivity index (χ0v) is 6.75. The number of aryl methyl sites for hydroxylation is 1. The van der Waals surface area contributed by atoms with Gasteiger partial charge in [-0.2, -0.15) is 0 Å². The molecule has 2 N–H and O–H groups in total. The molecular weight excluding hydrogens is 138 g/mol. The third-order valence-corrected chi connectivity index (χ3v) is 1.59. The molecule has 0 fully saturated rings. The minimum Gasteiger partial charge on any atom is -0.326 e. The second kappa shape index (κ2) is 4.03. The van der Waals surface area contributed by atoms with Gasteiger partial charge in [0.15, 0.2) is 0 Å². The number of hydrogen-bond donors (Lipinski definition) is 1. The predicted molar refractivity (Wildman–Crippen MR) is 43.9 cm³/mol. The molecule has 3 heteroatoms. The van der Waals surface area contributed by atoms with Crippen LogP contribution in [0.15, 0.2) is 12.5 Å². The second-order valence-electron chi connectivity index (χ2n) is 2.45. The van der Waals surface area contributed by atoms with E-state index < -0.39 is 0 Å². The van der Waals surface area contributed by atoms with Crippen molar-refractivity contribution in [3.05, 3.63) is 23.8 Å². The summed E-state index contributed by atoms with van der Waals surface area (Å²) in [5, 5.41) is 0. The topological polar surface area (TPSA) is 51.8 Å². The molecule has 0 amide bonds. The SMILES string of the molecule is CCCc1ncncc1CN. The zero-order valence-electron chi connectivity index (χ0n) is 6.75. The van der Waals surface area contributed by atoms with Crippen molar-refractivity contribution >= 4 is 0 Å². The Morgan fingerprint density at radius 1 is 1.55 bits per heavy atom. The Morgan fingerprint density at radius 3 is 3.00 bits per heavy atom. The van der Waals surface area contributed by atoms with Gasteiger partial charge in [0.1, 0.15) is 6.33 Å². The van der Waals surface area contributed by atoms with Crippen LogP contribution in [0.25, 0.3) is 0 Å². The molecule has 0 aliphatic carbocycles. The van der Waals surface area contributed by atoms with E-state index in [0.29, 0.717) is 6.54 Å². The molecule has 3 nitrogen and oxygen atoms in total. The molecule has 0 saturated carbocycles. The third kappa shape index (κ3) is 1.98. The molecule has 0 radical (unpaired) electrons. The molecule has 1 aromatic heterocycles.